The van der Waals surface area contributed by atoms with Crippen LogP contribution in [0, 0.1) is 5.82 Å². The Hall–Kier alpha value is -1.09. The molecule has 2 aliphatic carbocycles. The molecule has 2 fully saturated rings. The summed E-state index contributed by atoms with van der Waals surface area (Å²) in [4.78, 5) is 0. The summed E-state index contributed by atoms with van der Waals surface area (Å²) in [6.07, 6.45) is 9.07. The Morgan fingerprint density at radius 1 is 1.11 bits per heavy atom. The third-order valence-corrected chi connectivity index (χ3v) is 4.57. The minimum Gasteiger partial charge on any atom is -0.490 e. The molecule has 0 saturated heterocycles. The summed E-state index contributed by atoms with van der Waals surface area (Å²) in [6.45, 7) is 0. The topological polar surface area (TPSA) is 35.2 Å². The molecule has 1 aromatic rings. The van der Waals surface area contributed by atoms with Gasteiger partial charge in [-0.3, -0.25) is 0 Å². The fourth-order valence-electron chi connectivity index (χ4n) is 3.11. The van der Waals surface area contributed by atoms with E-state index in [2.05, 4.69) is 0 Å². The van der Waals surface area contributed by atoms with E-state index in [0.29, 0.717) is 6.10 Å². The number of nitrogens with two attached hydrogens (primary N) is 1. The summed E-state index contributed by atoms with van der Waals surface area (Å²) in [6, 6.07) is 4.81. The average Bonchev–Trinajstić information content (AvgIpc) is 2.36. The first kappa shape index (κ1) is 12.9. The Kier molecular flexibility index (Phi) is 3.48. The van der Waals surface area contributed by atoms with Crippen LogP contribution < -0.4 is 10.5 Å². The van der Waals surface area contributed by atoms with Crippen molar-refractivity contribution in [3.05, 3.63) is 29.6 Å². The Morgan fingerprint density at radius 3 is 2.47 bits per heavy atom. The van der Waals surface area contributed by atoms with E-state index < -0.39 is 5.54 Å². The van der Waals surface area contributed by atoms with Gasteiger partial charge in [0.25, 0.3) is 0 Å². The molecular formula is C16H22FNO. The molecular weight excluding hydrogens is 241 g/mol. The van der Waals surface area contributed by atoms with Gasteiger partial charge in [-0.1, -0.05) is 19.3 Å². The van der Waals surface area contributed by atoms with Crippen molar-refractivity contribution in [2.24, 2.45) is 5.73 Å². The van der Waals surface area contributed by atoms with E-state index in [0.717, 1.165) is 49.8 Å². The van der Waals surface area contributed by atoms with Gasteiger partial charge in [0.1, 0.15) is 11.6 Å². The molecule has 0 heterocycles. The molecule has 2 N–H and O–H groups in total. The van der Waals surface area contributed by atoms with Crippen molar-refractivity contribution in [2.45, 2.75) is 63.0 Å². The van der Waals surface area contributed by atoms with Crippen LogP contribution in [-0.2, 0) is 5.54 Å². The lowest BCUT2D eigenvalue weighted by atomic mass is 9.77. The van der Waals surface area contributed by atoms with Crippen LogP contribution in [-0.4, -0.2) is 6.10 Å². The summed E-state index contributed by atoms with van der Waals surface area (Å²) in [5.41, 5.74) is 7.01. The largest absolute Gasteiger partial charge is 0.490 e. The number of hydrogen-bond acceptors (Lipinski definition) is 2. The van der Waals surface area contributed by atoms with Gasteiger partial charge in [-0.25, -0.2) is 4.39 Å². The maximum Gasteiger partial charge on any atom is 0.124 e. The zero-order chi connectivity index (χ0) is 13.3. The number of ether oxygens (including phenoxy) is 1. The van der Waals surface area contributed by atoms with Crippen LogP contribution in [0.15, 0.2) is 18.2 Å². The van der Waals surface area contributed by atoms with Gasteiger partial charge in [0.05, 0.1) is 6.10 Å². The Labute approximate surface area is 114 Å². The summed E-state index contributed by atoms with van der Waals surface area (Å²) in [5.74, 6) is 0.585. The normalized spacial score (nSPS) is 22.8. The van der Waals surface area contributed by atoms with E-state index >= 15 is 0 Å². The molecule has 0 aromatic heterocycles. The molecule has 0 bridgehead atoms. The quantitative estimate of drug-likeness (QED) is 0.898. The molecule has 0 spiro atoms. The molecule has 0 amide bonds. The first-order valence-corrected chi connectivity index (χ1v) is 7.43. The monoisotopic (exact) mass is 263 g/mol. The van der Waals surface area contributed by atoms with E-state index in [1.54, 1.807) is 12.1 Å². The SMILES string of the molecule is NC1(c2cc(F)ccc2OC2CCC2)CCCCC1. The van der Waals surface area contributed by atoms with Gasteiger partial charge in [0.2, 0.25) is 0 Å². The molecule has 1 aromatic carbocycles. The van der Waals surface area contributed by atoms with E-state index in [1.165, 1.54) is 18.9 Å². The lowest BCUT2D eigenvalue weighted by Gasteiger charge is -2.36. The van der Waals surface area contributed by atoms with Crippen LogP contribution >= 0.6 is 0 Å². The second-order valence-corrected chi connectivity index (χ2v) is 6.03. The molecule has 0 unspecified atom stereocenters. The molecule has 19 heavy (non-hydrogen) atoms. The van der Waals surface area contributed by atoms with Gasteiger partial charge in [-0.2, -0.15) is 0 Å². The zero-order valence-electron chi connectivity index (χ0n) is 11.3. The maximum absolute atomic E-state index is 13.6. The van der Waals surface area contributed by atoms with Crippen LogP contribution in [0.4, 0.5) is 4.39 Å². The second kappa shape index (κ2) is 5.12. The van der Waals surface area contributed by atoms with Crippen molar-refractivity contribution >= 4 is 0 Å². The molecule has 2 nitrogen and oxygen atoms in total. The second-order valence-electron chi connectivity index (χ2n) is 6.03. The predicted molar refractivity (Wildman–Crippen MR) is 73.6 cm³/mol. The van der Waals surface area contributed by atoms with E-state index in [1.807, 2.05) is 0 Å². The van der Waals surface area contributed by atoms with Crippen molar-refractivity contribution in [3.63, 3.8) is 0 Å². The third-order valence-electron chi connectivity index (χ3n) is 4.57. The summed E-state index contributed by atoms with van der Waals surface area (Å²) in [5, 5.41) is 0. The first-order chi connectivity index (χ1) is 9.17. The van der Waals surface area contributed by atoms with Crippen molar-refractivity contribution in [2.75, 3.05) is 0 Å². The molecule has 0 atom stereocenters. The van der Waals surface area contributed by atoms with Crippen LogP contribution in [0.3, 0.4) is 0 Å². The lowest BCUT2D eigenvalue weighted by molar-refractivity contribution is 0.115. The van der Waals surface area contributed by atoms with Crippen molar-refractivity contribution < 1.29 is 9.13 Å². The zero-order valence-corrected chi connectivity index (χ0v) is 11.3. The van der Waals surface area contributed by atoms with Crippen molar-refractivity contribution in [1.29, 1.82) is 0 Å². The van der Waals surface area contributed by atoms with Gasteiger partial charge in [0.15, 0.2) is 0 Å². The first-order valence-electron chi connectivity index (χ1n) is 7.43. The average molecular weight is 263 g/mol. The number of halogens is 1. The predicted octanol–water partition coefficient (Wildman–Crippen LogP) is 3.88. The van der Waals surface area contributed by atoms with Crippen molar-refractivity contribution in [3.8, 4) is 5.75 Å². The third kappa shape index (κ3) is 2.62. The van der Waals surface area contributed by atoms with E-state index in [4.69, 9.17) is 10.5 Å². The molecule has 3 rings (SSSR count). The van der Waals surface area contributed by atoms with Gasteiger partial charge < -0.3 is 10.5 Å². The molecule has 0 radical (unpaired) electrons. The molecule has 0 aliphatic heterocycles. The van der Waals surface area contributed by atoms with Gasteiger partial charge in [-0.05, 0) is 50.3 Å². The maximum atomic E-state index is 13.6. The van der Waals surface area contributed by atoms with Gasteiger partial charge in [0, 0.05) is 11.1 Å². The lowest BCUT2D eigenvalue weighted by Crippen LogP contribution is -2.39. The minimum absolute atomic E-state index is 0.216. The number of rotatable bonds is 3. The van der Waals surface area contributed by atoms with Gasteiger partial charge in [-0.15, -0.1) is 0 Å². The highest BCUT2D eigenvalue weighted by atomic mass is 19.1. The smallest absolute Gasteiger partial charge is 0.124 e. The molecule has 104 valence electrons. The molecule has 3 heteroatoms. The fourth-order valence-corrected chi connectivity index (χ4v) is 3.11. The number of hydrogen-bond donors (Lipinski definition) is 1. The Balaban J connectivity index is 1.90. The molecule has 2 aliphatic rings. The van der Waals surface area contributed by atoms with Crippen LogP contribution in [0.2, 0.25) is 0 Å². The van der Waals surface area contributed by atoms with E-state index in [9.17, 15) is 4.39 Å². The fraction of sp³-hybridized carbons (Fsp3) is 0.625. The van der Waals surface area contributed by atoms with Crippen LogP contribution in [0.25, 0.3) is 0 Å². The summed E-state index contributed by atoms with van der Waals surface area (Å²) >= 11 is 0. The van der Waals surface area contributed by atoms with Gasteiger partial charge >= 0.3 is 0 Å². The highest BCUT2D eigenvalue weighted by Crippen LogP contribution is 2.40. The Morgan fingerprint density at radius 2 is 1.84 bits per heavy atom. The minimum atomic E-state index is -0.403. The highest BCUT2D eigenvalue weighted by Gasteiger charge is 2.33. The summed E-state index contributed by atoms with van der Waals surface area (Å²) in [7, 11) is 0. The standard InChI is InChI=1S/C16H22FNO/c17-12-7-8-15(19-13-5-4-6-13)14(11-12)16(18)9-2-1-3-10-16/h7-8,11,13H,1-6,9-10,18H2. The van der Waals surface area contributed by atoms with E-state index in [-0.39, 0.29) is 5.82 Å². The highest BCUT2D eigenvalue weighted by molar-refractivity contribution is 5.40. The molecule has 2 saturated carbocycles. The summed E-state index contributed by atoms with van der Waals surface area (Å²) < 4.78 is 19.6. The van der Waals surface area contributed by atoms with Crippen molar-refractivity contribution in [1.82, 2.24) is 0 Å². The Bertz CT molecular complexity index is 450. The van der Waals surface area contributed by atoms with Crippen LogP contribution in [0.5, 0.6) is 5.75 Å². The van der Waals surface area contributed by atoms with Crippen LogP contribution in [0.1, 0.15) is 56.9 Å². The number of benzene rings is 1.